The number of rotatable bonds is 3. The molecular weight excluding hydrogens is 208 g/mol. The van der Waals surface area contributed by atoms with Crippen molar-refractivity contribution >= 4 is 16.5 Å². The Hall–Kier alpha value is -0.770. The Balaban J connectivity index is 1.97. The maximum Gasteiger partial charge on any atom is 0.227 e. The molecule has 1 aromatic rings. The summed E-state index contributed by atoms with van der Waals surface area (Å²) in [6, 6.07) is 0.564. The average molecular weight is 226 g/mol. The van der Waals surface area contributed by atoms with Gasteiger partial charge in [0.1, 0.15) is 0 Å². The van der Waals surface area contributed by atoms with Crippen LogP contribution in [0.25, 0.3) is 0 Å². The molecule has 1 aromatic heterocycles. The molecule has 0 spiro atoms. The third kappa shape index (κ3) is 2.62. The van der Waals surface area contributed by atoms with Gasteiger partial charge < -0.3 is 10.4 Å². The van der Waals surface area contributed by atoms with Crippen molar-refractivity contribution in [1.82, 2.24) is 4.98 Å². The van der Waals surface area contributed by atoms with Crippen molar-refractivity contribution in [1.29, 1.82) is 0 Å². The number of nitrogens with one attached hydrogen (secondary N) is 1. The molecule has 0 bridgehead atoms. The molecule has 0 aromatic carbocycles. The lowest BCUT2D eigenvalue weighted by Crippen LogP contribution is -2.21. The van der Waals surface area contributed by atoms with E-state index < -0.39 is 0 Å². The first kappa shape index (κ1) is 10.7. The average Bonchev–Trinajstić information content (AvgIpc) is 2.60. The lowest BCUT2D eigenvalue weighted by molar-refractivity contribution is 0.448. The molecular formula is C11H18N2OS. The van der Waals surface area contributed by atoms with Gasteiger partial charge in [-0.2, -0.15) is 4.98 Å². The summed E-state index contributed by atoms with van der Waals surface area (Å²) < 4.78 is 0. The number of hydrogen-bond acceptors (Lipinski definition) is 4. The first-order valence-corrected chi connectivity index (χ1v) is 6.56. The molecule has 0 unspecified atom stereocenters. The van der Waals surface area contributed by atoms with Crippen LogP contribution < -0.4 is 5.32 Å². The largest absolute Gasteiger partial charge is 0.492 e. The van der Waals surface area contributed by atoms with Crippen molar-refractivity contribution in [2.75, 3.05) is 5.32 Å². The molecule has 1 aliphatic rings. The highest BCUT2D eigenvalue weighted by Gasteiger charge is 2.15. The van der Waals surface area contributed by atoms with Crippen LogP contribution in [0.3, 0.4) is 0 Å². The van der Waals surface area contributed by atoms with E-state index in [2.05, 4.69) is 10.3 Å². The summed E-state index contributed by atoms with van der Waals surface area (Å²) in [4.78, 5) is 5.12. The number of hydrogen-bond donors (Lipinski definition) is 2. The SMILES string of the molecule is CCc1sc(NC2CCCCC2)nc1O. The topological polar surface area (TPSA) is 45.2 Å². The van der Waals surface area contributed by atoms with Gasteiger partial charge in [0.05, 0.1) is 4.88 Å². The predicted molar refractivity (Wildman–Crippen MR) is 63.7 cm³/mol. The van der Waals surface area contributed by atoms with E-state index in [0.717, 1.165) is 16.4 Å². The van der Waals surface area contributed by atoms with Gasteiger partial charge >= 0.3 is 0 Å². The van der Waals surface area contributed by atoms with E-state index >= 15 is 0 Å². The molecule has 0 radical (unpaired) electrons. The van der Waals surface area contributed by atoms with Gasteiger partial charge in [-0.25, -0.2) is 0 Å². The standard InChI is InChI=1S/C11H18N2OS/c1-2-9-10(14)13-11(15-9)12-8-6-4-3-5-7-8/h8,14H,2-7H2,1H3,(H,12,13). The number of thiazole rings is 1. The molecule has 0 amide bonds. The smallest absolute Gasteiger partial charge is 0.227 e. The fourth-order valence-electron chi connectivity index (χ4n) is 2.06. The summed E-state index contributed by atoms with van der Waals surface area (Å²) in [5, 5.41) is 13.8. The van der Waals surface area contributed by atoms with Crippen molar-refractivity contribution in [2.24, 2.45) is 0 Å². The second-order valence-electron chi connectivity index (χ2n) is 4.10. The first-order valence-electron chi connectivity index (χ1n) is 5.74. The molecule has 0 aliphatic heterocycles. The van der Waals surface area contributed by atoms with E-state index in [0.29, 0.717) is 6.04 Å². The third-order valence-electron chi connectivity index (χ3n) is 2.93. The van der Waals surface area contributed by atoms with Crippen molar-refractivity contribution in [3.63, 3.8) is 0 Å². The van der Waals surface area contributed by atoms with Crippen LogP contribution >= 0.6 is 11.3 Å². The van der Waals surface area contributed by atoms with E-state index in [1.165, 1.54) is 32.1 Å². The Labute approximate surface area is 94.5 Å². The van der Waals surface area contributed by atoms with Crippen LogP contribution in [-0.2, 0) is 6.42 Å². The maximum atomic E-state index is 9.52. The number of aromatic hydroxyl groups is 1. The van der Waals surface area contributed by atoms with Gasteiger partial charge in [0.15, 0.2) is 5.13 Å². The van der Waals surface area contributed by atoms with Crippen LogP contribution in [0, 0.1) is 0 Å². The quantitative estimate of drug-likeness (QED) is 0.832. The number of anilines is 1. The third-order valence-corrected chi connectivity index (χ3v) is 4.05. The van der Waals surface area contributed by atoms with E-state index in [1.54, 1.807) is 11.3 Å². The number of aromatic nitrogens is 1. The highest BCUT2D eigenvalue weighted by Crippen LogP contribution is 2.30. The van der Waals surface area contributed by atoms with Crippen molar-refractivity contribution in [3.05, 3.63) is 4.88 Å². The minimum atomic E-state index is 0.209. The zero-order valence-electron chi connectivity index (χ0n) is 9.12. The van der Waals surface area contributed by atoms with Gasteiger partial charge in [-0.15, -0.1) is 0 Å². The Kier molecular flexibility index (Phi) is 3.46. The lowest BCUT2D eigenvalue weighted by Gasteiger charge is -2.22. The Morgan fingerprint density at radius 2 is 2.13 bits per heavy atom. The molecule has 1 saturated carbocycles. The Bertz CT molecular complexity index is 318. The van der Waals surface area contributed by atoms with E-state index in [-0.39, 0.29) is 5.88 Å². The van der Waals surface area contributed by atoms with Crippen LogP contribution in [0.5, 0.6) is 5.88 Å². The molecule has 2 N–H and O–H groups in total. The highest BCUT2D eigenvalue weighted by molar-refractivity contribution is 7.15. The lowest BCUT2D eigenvalue weighted by atomic mass is 9.96. The van der Waals surface area contributed by atoms with Crippen LogP contribution in [0.4, 0.5) is 5.13 Å². The van der Waals surface area contributed by atoms with E-state index in [1.807, 2.05) is 6.92 Å². The van der Waals surface area contributed by atoms with Crippen molar-refractivity contribution in [3.8, 4) is 5.88 Å². The zero-order chi connectivity index (χ0) is 10.7. The highest BCUT2D eigenvalue weighted by atomic mass is 32.1. The molecule has 3 nitrogen and oxygen atoms in total. The summed E-state index contributed by atoms with van der Waals surface area (Å²) in [6.45, 7) is 2.04. The fourth-order valence-corrected chi connectivity index (χ4v) is 2.93. The summed E-state index contributed by atoms with van der Waals surface area (Å²) in [7, 11) is 0. The minimum absolute atomic E-state index is 0.209. The van der Waals surface area contributed by atoms with Crippen LogP contribution in [0.15, 0.2) is 0 Å². The molecule has 0 atom stereocenters. The molecule has 4 heteroatoms. The molecule has 15 heavy (non-hydrogen) atoms. The van der Waals surface area contributed by atoms with Gasteiger partial charge in [0.25, 0.3) is 0 Å². The van der Waals surface area contributed by atoms with Gasteiger partial charge in [-0.1, -0.05) is 37.5 Å². The van der Waals surface area contributed by atoms with Gasteiger partial charge in [0.2, 0.25) is 5.88 Å². The summed E-state index contributed by atoms with van der Waals surface area (Å²) in [6.07, 6.45) is 7.33. The molecule has 1 heterocycles. The zero-order valence-corrected chi connectivity index (χ0v) is 9.94. The summed E-state index contributed by atoms with van der Waals surface area (Å²) >= 11 is 1.58. The van der Waals surface area contributed by atoms with Crippen LogP contribution in [0.1, 0.15) is 43.9 Å². The predicted octanol–water partition coefficient (Wildman–Crippen LogP) is 3.16. The van der Waals surface area contributed by atoms with Crippen molar-refractivity contribution < 1.29 is 5.11 Å². The maximum absolute atomic E-state index is 9.52. The van der Waals surface area contributed by atoms with Gasteiger partial charge in [-0.05, 0) is 19.3 Å². The van der Waals surface area contributed by atoms with Crippen LogP contribution in [-0.4, -0.2) is 16.1 Å². The molecule has 1 fully saturated rings. The Morgan fingerprint density at radius 3 is 2.73 bits per heavy atom. The summed E-state index contributed by atoms with van der Waals surface area (Å²) in [5.41, 5.74) is 0. The van der Waals surface area contributed by atoms with Gasteiger partial charge in [0, 0.05) is 6.04 Å². The first-order chi connectivity index (χ1) is 7.29. The number of nitrogens with zero attached hydrogens (tertiary/aromatic N) is 1. The second kappa shape index (κ2) is 4.84. The molecule has 84 valence electrons. The second-order valence-corrected chi connectivity index (χ2v) is 5.18. The van der Waals surface area contributed by atoms with E-state index in [4.69, 9.17) is 0 Å². The summed E-state index contributed by atoms with van der Waals surface area (Å²) in [5.74, 6) is 0.209. The monoisotopic (exact) mass is 226 g/mol. The van der Waals surface area contributed by atoms with E-state index in [9.17, 15) is 5.11 Å². The van der Waals surface area contributed by atoms with Crippen molar-refractivity contribution in [2.45, 2.75) is 51.5 Å². The van der Waals surface area contributed by atoms with Gasteiger partial charge in [-0.3, -0.25) is 0 Å². The Morgan fingerprint density at radius 1 is 1.40 bits per heavy atom. The van der Waals surface area contributed by atoms with Crippen LogP contribution in [0.2, 0.25) is 0 Å². The molecule has 0 saturated heterocycles. The normalized spacial score (nSPS) is 17.9. The molecule has 1 aliphatic carbocycles. The molecule has 2 rings (SSSR count). The number of aryl methyl sites for hydroxylation is 1. The fraction of sp³-hybridized carbons (Fsp3) is 0.727. The minimum Gasteiger partial charge on any atom is -0.492 e.